The van der Waals surface area contributed by atoms with Crippen LogP contribution in [0.5, 0.6) is 0 Å². The van der Waals surface area contributed by atoms with Crippen molar-refractivity contribution >= 4 is 35.1 Å². The van der Waals surface area contributed by atoms with Crippen molar-refractivity contribution in [1.82, 2.24) is 9.78 Å². The highest BCUT2D eigenvalue weighted by Crippen LogP contribution is 2.26. The Kier molecular flexibility index (Phi) is 5.59. The predicted octanol–water partition coefficient (Wildman–Crippen LogP) is 3.30. The van der Waals surface area contributed by atoms with E-state index in [1.54, 1.807) is 6.20 Å². The molecule has 1 saturated heterocycles. The summed E-state index contributed by atoms with van der Waals surface area (Å²) in [4.78, 5) is 13.0. The van der Waals surface area contributed by atoms with Gasteiger partial charge in [0.05, 0.1) is 23.6 Å². The predicted molar refractivity (Wildman–Crippen MR) is 92.0 cm³/mol. The number of nitrogens with zero attached hydrogens (tertiary/aromatic N) is 2. The highest BCUT2D eigenvalue weighted by Gasteiger charge is 2.18. The topological polar surface area (TPSA) is 56.2 Å². The fourth-order valence-electron chi connectivity index (χ4n) is 2.44. The Morgan fingerprint density at radius 2 is 2.30 bits per heavy atom. The maximum Gasteiger partial charge on any atom is 0.235 e. The number of hydrogen-bond acceptors (Lipinski definition) is 4. The highest BCUT2D eigenvalue weighted by molar-refractivity contribution is 8.00. The average Bonchev–Trinajstić information content (AvgIpc) is 3.20. The van der Waals surface area contributed by atoms with Gasteiger partial charge in [0, 0.05) is 30.0 Å². The van der Waals surface area contributed by atoms with Crippen LogP contribution in [0.2, 0.25) is 5.02 Å². The standard InChI is InChI=1S/C16H18ClN3O2S/c17-13-3-1-2-4-14(13)23-11-16(21)19-15-5-7-18-20(15)9-12-6-8-22-10-12/h1-5,7,12H,6,8-11H2,(H,19,21)/t12-/m1/s1. The number of carbonyl (C=O) groups excluding carboxylic acids is 1. The van der Waals surface area contributed by atoms with E-state index in [0.717, 1.165) is 36.9 Å². The fourth-order valence-corrected chi connectivity index (χ4v) is 3.48. The van der Waals surface area contributed by atoms with Crippen LogP contribution < -0.4 is 5.32 Å². The minimum Gasteiger partial charge on any atom is -0.381 e. The summed E-state index contributed by atoms with van der Waals surface area (Å²) in [5.74, 6) is 1.42. The number of nitrogens with one attached hydrogen (secondary N) is 1. The monoisotopic (exact) mass is 351 g/mol. The van der Waals surface area contributed by atoms with Crippen LogP contribution in [-0.4, -0.2) is 34.7 Å². The maximum absolute atomic E-state index is 12.1. The summed E-state index contributed by atoms with van der Waals surface area (Å²) in [6, 6.07) is 9.32. The Bertz CT molecular complexity index is 671. The van der Waals surface area contributed by atoms with Gasteiger partial charge in [0.2, 0.25) is 5.91 Å². The van der Waals surface area contributed by atoms with Crippen LogP contribution in [0, 0.1) is 5.92 Å². The fraction of sp³-hybridized carbons (Fsp3) is 0.375. The van der Waals surface area contributed by atoms with E-state index in [1.165, 1.54) is 11.8 Å². The molecule has 0 aliphatic carbocycles. The van der Waals surface area contributed by atoms with Gasteiger partial charge >= 0.3 is 0 Å². The van der Waals surface area contributed by atoms with Crippen LogP contribution in [0.4, 0.5) is 5.82 Å². The number of carbonyl (C=O) groups is 1. The molecule has 0 saturated carbocycles. The van der Waals surface area contributed by atoms with E-state index in [4.69, 9.17) is 16.3 Å². The summed E-state index contributed by atoms with van der Waals surface area (Å²) in [6.07, 6.45) is 2.74. The number of halogens is 1. The van der Waals surface area contributed by atoms with E-state index in [0.29, 0.717) is 16.7 Å². The lowest BCUT2D eigenvalue weighted by molar-refractivity contribution is -0.113. The Morgan fingerprint density at radius 1 is 1.43 bits per heavy atom. The van der Waals surface area contributed by atoms with Gasteiger partial charge in [-0.3, -0.25) is 4.79 Å². The number of amides is 1. The van der Waals surface area contributed by atoms with Gasteiger partial charge in [-0.15, -0.1) is 11.8 Å². The molecule has 1 atom stereocenters. The normalized spacial score (nSPS) is 17.3. The van der Waals surface area contributed by atoms with Crippen molar-refractivity contribution in [2.75, 3.05) is 24.3 Å². The number of rotatable bonds is 6. The number of hydrogen-bond donors (Lipinski definition) is 1. The number of ether oxygens (including phenoxy) is 1. The van der Waals surface area contributed by atoms with Crippen LogP contribution in [0.3, 0.4) is 0 Å². The molecule has 2 aromatic rings. The molecular formula is C16H18ClN3O2S. The summed E-state index contributed by atoms with van der Waals surface area (Å²) in [7, 11) is 0. The van der Waals surface area contributed by atoms with Gasteiger partial charge in [-0.2, -0.15) is 5.10 Å². The Hall–Kier alpha value is -1.50. The first-order valence-electron chi connectivity index (χ1n) is 7.49. The van der Waals surface area contributed by atoms with Gasteiger partial charge in [0.15, 0.2) is 0 Å². The van der Waals surface area contributed by atoms with E-state index in [9.17, 15) is 4.79 Å². The smallest absolute Gasteiger partial charge is 0.235 e. The SMILES string of the molecule is O=C(CSc1ccccc1Cl)Nc1ccnn1C[C@H]1CCOC1. The van der Waals surface area contributed by atoms with Gasteiger partial charge in [-0.25, -0.2) is 4.68 Å². The molecule has 1 amide bonds. The quantitative estimate of drug-likeness (QED) is 0.811. The van der Waals surface area contributed by atoms with Crippen molar-refractivity contribution in [2.24, 2.45) is 5.92 Å². The lowest BCUT2D eigenvalue weighted by Gasteiger charge is -2.12. The molecule has 5 nitrogen and oxygen atoms in total. The maximum atomic E-state index is 12.1. The van der Waals surface area contributed by atoms with Crippen molar-refractivity contribution < 1.29 is 9.53 Å². The molecule has 1 aliphatic rings. The summed E-state index contributed by atoms with van der Waals surface area (Å²) in [5.41, 5.74) is 0. The second-order valence-electron chi connectivity index (χ2n) is 5.40. The summed E-state index contributed by atoms with van der Waals surface area (Å²) in [6.45, 7) is 2.33. The Labute approximate surface area is 144 Å². The number of aromatic nitrogens is 2. The highest BCUT2D eigenvalue weighted by atomic mass is 35.5. The van der Waals surface area contributed by atoms with E-state index in [2.05, 4.69) is 10.4 Å². The van der Waals surface area contributed by atoms with Crippen molar-refractivity contribution in [2.45, 2.75) is 17.9 Å². The zero-order chi connectivity index (χ0) is 16.1. The third-order valence-corrected chi connectivity index (χ3v) is 5.15. The Morgan fingerprint density at radius 3 is 3.09 bits per heavy atom. The van der Waals surface area contributed by atoms with Gasteiger partial charge in [0.25, 0.3) is 0 Å². The lowest BCUT2D eigenvalue weighted by Crippen LogP contribution is -2.20. The Balaban J connectivity index is 1.54. The van der Waals surface area contributed by atoms with Crippen molar-refractivity contribution in [1.29, 1.82) is 0 Å². The molecule has 0 unspecified atom stereocenters. The number of thioether (sulfide) groups is 1. The van der Waals surface area contributed by atoms with Crippen LogP contribution in [0.1, 0.15) is 6.42 Å². The summed E-state index contributed by atoms with van der Waals surface area (Å²) >= 11 is 7.51. The zero-order valence-electron chi connectivity index (χ0n) is 12.6. The van der Waals surface area contributed by atoms with Gasteiger partial charge in [-0.05, 0) is 18.6 Å². The first-order valence-corrected chi connectivity index (χ1v) is 8.85. The minimum atomic E-state index is -0.0701. The third kappa shape index (κ3) is 4.50. The molecule has 2 heterocycles. The lowest BCUT2D eigenvalue weighted by atomic mass is 10.1. The van der Waals surface area contributed by atoms with E-state index in [1.807, 2.05) is 35.0 Å². The van der Waals surface area contributed by atoms with Crippen LogP contribution in [0.15, 0.2) is 41.4 Å². The molecule has 0 radical (unpaired) electrons. The van der Waals surface area contributed by atoms with E-state index in [-0.39, 0.29) is 5.91 Å². The molecule has 3 rings (SSSR count). The largest absolute Gasteiger partial charge is 0.381 e. The molecule has 1 aromatic carbocycles. The molecule has 1 N–H and O–H groups in total. The minimum absolute atomic E-state index is 0.0701. The second kappa shape index (κ2) is 7.86. The van der Waals surface area contributed by atoms with Crippen molar-refractivity contribution in [3.63, 3.8) is 0 Å². The van der Waals surface area contributed by atoms with Gasteiger partial charge in [0.1, 0.15) is 5.82 Å². The summed E-state index contributed by atoms with van der Waals surface area (Å²) < 4.78 is 7.21. The zero-order valence-corrected chi connectivity index (χ0v) is 14.1. The van der Waals surface area contributed by atoms with E-state index < -0.39 is 0 Å². The molecule has 1 aromatic heterocycles. The molecule has 0 spiro atoms. The number of anilines is 1. The van der Waals surface area contributed by atoms with Gasteiger partial charge in [-0.1, -0.05) is 23.7 Å². The molecular weight excluding hydrogens is 334 g/mol. The van der Waals surface area contributed by atoms with Crippen LogP contribution >= 0.6 is 23.4 Å². The second-order valence-corrected chi connectivity index (χ2v) is 6.82. The molecule has 1 aliphatic heterocycles. The summed E-state index contributed by atoms with van der Waals surface area (Å²) in [5, 5.41) is 7.86. The third-order valence-electron chi connectivity index (χ3n) is 3.63. The van der Waals surface area contributed by atoms with Gasteiger partial charge < -0.3 is 10.1 Å². The van der Waals surface area contributed by atoms with E-state index >= 15 is 0 Å². The number of benzene rings is 1. The molecule has 7 heteroatoms. The molecule has 122 valence electrons. The van der Waals surface area contributed by atoms with Crippen molar-refractivity contribution in [3.8, 4) is 0 Å². The average molecular weight is 352 g/mol. The van der Waals surface area contributed by atoms with Crippen molar-refractivity contribution in [3.05, 3.63) is 41.6 Å². The molecule has 23 heavy (non-hydrogen) atoms. The first-order chi connectivity index (χ1) is 11.2. The first kappa shape index (κ1) is 16.4. The van der Waals surface area contributed by atoms with Crippen LogP contribution in [0.25, 0.3) is 0 Å². The molecule has 1 fully saturated rings. The van der Waals surface area contributed by atoms with Crippen LogP contribution in [-0.2, 0) is 16.1 Å². The molecule has 0 bridgehead atoms.